The minimum atomic E-state index is -3.47. The SMILES string of the molecule is CCn1nnc2cc(C(=O)N3CCN(S(=O)(=O)c4cccs4)CC3)ccc21. The van der Waals surface area contributed by atoms with Gasteiger partial charge in [0.05, 0.1) is 5.52 Å². The molecule has 0 radical (unpaired) electrons. The first-order valence-corrected chi connectivity index (χ1v) is 11.0. The van der Waals surface area contributed by atoms with Crippen LogP contribution in [0.5, 0.6) is 0 Å². The number of thiophene rings is 1. The Bertz CT molecular complexity index is 1070. The number of hydrogen-bond donors (Lipinski definition) is 0. The zero-order valence-electron chi connectivity index (χ0n) is 14.8. The van der Waals surface area contributed by atoms with E-state index in [0.717, 1.165) is 5.52 Å². The summed E-state index contributed by atoms with van der Waals surface area (Å²) in [5.41, 5.74) is 2.11. The molecule has 1 aromatic carbocycles. The van der Waals surface area contributed by atoms with E-state index in [0.29, 0.717) is 48.0 Å². The van der Waals surface area contributed by atoms with Crippen molar-refractivity contribution in [1.82, 2.24) is 24.2 Å². The van der Waals surface area contributed by atoms with Gasteiger partial charge in [-0.15, -0.1) is 16.4 Å². The molecule has 0 aliphatic carbocycles. The second-order valence-electron chi connectivity index (χ2n) is 6.24. The van der Waals surface area contributed by atoms with Gasteiger partial charge in [-0.25, -0.2) is 13.1 Å². The molecule has 0 spiro atoms. The van der Waals surface area contributed by atoms with Crippen LogP contribution in [0, 0.1) is 0 Å². The van der Waals surface area contributed by atoms with Crippen molar-refractivity contribution in [2.75, 3.05) is 26.2 Å². The number of rotatable bonds is 4. The van der Waals surface area contributed by atoms with Gasteiger partial charge in [0.15, 0.2) is 0 Å². The lowest BCUT2D eigenvalue weighted by Crippen LogP contribution is -2.50. The first kappa shape index (κ1) is 18.1. The number of benzene rings is 1. The molecule has 10 heteroatoms. The van der Waals surface area contributed by atoms with Gasteiger partial charge in [0, 0.05) is 38.3 Å². The normalized spacial score (nSPS) is 16.1. The van der Waals surface area contributed by atoms with Gasteiger partial charge in [-0.2, -0.15) is 4.31 Å². The Balaban J connectivity index is 1.47. The zero-order chi connectivity index (χ0) is 19.0. The molecule has 3 aromatic rings. The molecule has 27 heavy (non-hydrogen) atoms. The van der Waals surface area contributed by atoms with E-state index < -0.39 is 10.0 Å². The number of piperazine rings is 1. The first-order valence-electron chi connectivity index (χ1n) is 8.67. The van der Waals surface area contributed by atoms with Crippen molar-refractivity contribution in [2.24, 2.45) is 0 Å². The van der Waals surface area contributed by atoms with Crippen LogP contribution in [-0.2, 0) is 16.6 Å². The third kappa shape index (κ3) is 3.24. The van der Waals surface area contributed by atoms with E-state index in [1.165, 1.54) is 15.6 Å². The van der Waals surface area contributed by atoms with Crippen molar-refractivity contribution >= 4 is 38.3 Å². The minimum Gasteiger partial charge on any atom is -0.336 e. The van der Waals surface area contributed by atoms with Crippen molar-refractivity contribution < 1.29 is 13.2 Å². The summed E-state index contributed by atoms with van der Waals surface area (Å²) in [6, 6.07) is 8.70. The van der Waals surface area contributed by atoms with Crippen LogP contribution in [0.3, 0.4) is 0 Å². The van der Waals surface area contributed by atoms with Crippen LogP contribution < -0.4 is 0 Å². The molecule has 142 valence electrons. The molecule has 1 fully saturated rings. The van der Waals surface area contributed by atoms with Gasteiger partial charge < -0.3 is 4.90 Å². The molecule has 1 amide bonds. The number of fused-ring (bicyclic) bond motifs is 1. The van der Waals surface area contributed by atoms with Crippen molar-refractivity contribution in [1.29, 1.82) is 0 Å². The van der Waals surface area contributed by atoms with Crippen LogP contribution in [-0.4, -0.2) is 64.7 Å². The van der Waals surface area contributed by atoms with Crippen molar-refractivity contribution in [3.05, 3.63) is 41.3 Å². The molecule has 3 heterocycles. The summed E-state index contributed by atoms with van der Waals surface area (Å²) < 4.78 is 28.7. The Labute approximate surface area is 161 Å². The molecule has 8 nitrogen and oxygen atoms in total. The number of aromatic nitrogens is 3. The van der Waals surface area contributed by atoms with Crippen molar-refractivity contribution in [3.8, 4) is 0 Å². The average Bonchev–Trinajstić information content (AvgIpc) is 3.37. The van der Waals surface area contributed by atoms with Crippen LogP contribution in [0.2, 0.25) is 0 Å². The fourth-order valence-electron chi connectivity index (χ4n) is 3.19. The fraction of sp³-hybridized carbons (Fsp3) is 0.353. The fourth-order valence-corrected chi connectivity index (χ4v) is 5.76. The second kappa shape index (κ2) is 7.02. The van der Waals surface area contributed by atoms with Crippen LogP contribution >= 0.6 is 11.3 Å². The Hall–Kier alpha value is -2.30. The number of nitrogens with zero attached hydrogens (tertiary/aromatic N) is 5. The van der Waals surface area contributed by atoms with Gasteiger partial charge in [-0.3, -0.25) is 4.79 Å². The van der Waals surface area contributed by atoms with E-state index in [1.807, 2.05) is 13.0 Å². The maximum absolute atomic E-state index is 12.8. The summed E-state index contributed by atoms with van der Waals surface area (Å²) in [6.07, 6.45) is 0. The van der Waals surface area contributed by atoms with Gasteiger partial charge >= 0.3 is 0 Å². The Kier molecular flexibility index (Phi) is 4.70. The van der Waals surface area contributed by atoms with Crippen LogP contribution in [0.4, 0.5) is 0 Å². The summed E-state index contributed by atoms with van der Waals surface area (Å²) in [5, 5.41) is 9.91. The van der Waals surface area contributed by atoms with E-state index in [2.05, 4.69) is 10.3 Å². The molecule has 0 saturated carbocycles. The predicted molar refractivity (Wildman–Crippen MR) is 102 cm³/mol. The molecule has 0 N–H and O–H groups in total. The largest absolute Gasteiger partial charge is 0.336 e. The highest BCUT2D eigenvalue weighted by molar-refractivity contribution is 7.91. The maximum atomic E-state index is 12.8. The van der Waals surface area contributed by atoms with E-state index >= 15 is 0 Å². The highest BCUT2D eigenvalue weighted by atomic mass is 32.2. The van der Waals surface area contributed by atoms with E-state index in [4.69, 9.17) is 0 Å². The lowest BCUT2D eigenvalue weighted by molar-refractivity contribution is 0.0698. The first-order chi connectivity index (χ1) is 13.0. The highest BCUT2D eigenvalue weighted by Gasteiger charge is 2.31. The number of amides is 1. The molecular formula is C17H19N5O3S2. The van der Waals surface area contributed by atoms with Gasteiger partial charge in [0.2, 0.25) is 0 Å². The summed E-state index contributed by atoms with van der Waals surface area (Å²) in [5.74, 6) is -0.115. The monoisotopic (exact) mass is 405 g/mol. The highest BCUT2D eigenvalue weighted by Crippen LogP contribution is 2.23. The zero-order valence-corrected chi connectivity index (χ0v) is 16.4. The quantitative estimate of drug-likeness (QED) is 0.659. The van der Waals surface area contributed by atoms with Gasteiger partial charge in [-0.1, -0.05) is 11.3 Å². The smallest absolute Gasteiger partial charge is 0.254 e. The minimum absolute atomic E-state index is 0.115. The number of hydrogen-bond acceptors (Lipinski definition) is 6. The van der Waals surface area contributed by atoms with Gasteiger partial charge in [0.25, 0.3) is 15.9 Å². The van der Waals surface area contributed by atoms with E-state index in [-0.39, 0.29) is 5.91 Å². The Morgan fingerprint density at radius 3 is 2.63 bits per heavy atom. The van der Waals surface area contributed by atoms with Crippen LogP contribution in [0.15, 0.2) is 39.9 Å². The van der Waals surface area contributed by atoms with Gasteiger partial charge in [-0.05, 0) is 36.6 Å². The molecule has 2 aromatic heterocycles. The Morgan fingerprint density at radius 2 is 1.96 bits per heavy atom. The molecule has 1 aliphatic rings. The average molecular weight is 406 g/mol. The number of carbonyl (C=O) groups excluding carboxylic acids is 1. The molecule has 4 rings (SSSR count). The summed E-state index contributed by atoms with van der Waals surface area (Å²) in [4.78, 5) is 14.5. The van der Waals surface area contributed by atoms with Crippen molar-refractivity contribution in [3.63, 3.8) is 0 Å². The second-order valence-corrected chi connectivity index (χ2v) is 9.35. The lowest BCUT2D eigenvalue weighted by atomic mass is 10.1. The standard InChI is InChI=1S/C17H19N5O3S2/c1-2-22-15-6-5-13(12-14(15)18-19-22)17(23)20-7-9-21(10-8-20)27(24,25)16-4-3-11-26-16/h3-6,11-12H,2,7-10H2,1H3. The summed E-state index contributed by atoms with van der Waals surface area (Å²) >= 11 is 1.21. The topological polar surface area (TPSA) is 88.4 Å². The van der Waals surface area contributed by atoms with Crippen LogP contribution in [0.1, 0.15) is 17.3 Å². The Morgan fingerprint density at radius 1 is 1.19 bits per heavy atom. The number of aryl methyl sites for hydroxylation is 1. The maximum Gasteiger partial charge on any atom is 0.254 e. The van der Waals surface area contributed by atoms with Gasteiger partial charge in [0.1, 0.15) is 9.73 Å². The van der Waals surface area contributed by atoms with Crippen LogP contribution in [0.25, 0.3) is 11.0 Å². The molecule has 1 saturated heterocycles. The third-order valence-electron chi connectivity index (χ3n) is 4.68. The summed E-state index contributed by atoms with van der Waals surface area (Å²) in [6.45, 7) is 4.01. The van der Waals surface area contributed by atoms with E-state index in [1.54, 1.807) is 39.2 Å². The molecule has 0 atom stereocenters. The number of carbonyl (C=O) groups is 1. The van der Waals surface area contributed by atoms with Crippen molar-refractivity contribution in [2.45, 2.75) is 17.7 Å². The molecular weight excluding hydrogens is 386 g/mol. The number of sulfonamides is 1. The van der Waals surface area contributed by atoms with E-state index in [9.17, 15) is 13.2 Å². The summed E-state index contributed by atoms with van der Waals surface area (Å²) in [7, 11) is -3.47. The third-order valence-corrected chi connectivity index (χ3v) is 7.95. The molecule has 0 unspecified atom stereocenters. The lowest BCUT2D eigenvalue weighted by Gasteiger charge is -2.33. The molecule has 0 bridgehead atoms. The molecule has 1 aliphatic heterocycles. The predicted octanol–water partition coefficient (Wildman–Crippen LogP) is 1.66.